The Labute approximate surface area is 104 Å². The van der Waals surface area contributed by atoms with E-state index in [-0.39, 0.29) is 6.61 Å². The standard InChI is InChI=1S/C13H25N2O2/c1-2-3-4-5-6-14-7-8-15(13-14)9-11-17-12-10-16/h7-8,13,16H,2-6,9-12H2,1H3/q+1. The molecular weight excluding hydrogens is 216 g/mol. The van der Waals surface area contributed by atoms with Crippen molar-refractivity contribution in [2.75, 3.05) is 19.8 Å². The summed E-state index contributed by atoms with van der Waals surface area (Å²) in [7, 11) is 0. The molecule has 0 aliphatic heterocycles. The molecule has 0 saturated carbocycles. The molecule has 0 unspecified atom stereocenters. The summed E-state index contributed by atoms with van der Waals surface area (Å²) in [5, 5.41) is 8.57. The quantitative estimate of drug-likeness (QED) is 0.496. The monoisotopic (exact) mass is 241 g/mol. The minimum atomic E-state index is 0.100. The molecule has 0 bridgehead atoms. The summed E-state index contributed by atoms with van der Waals surface area (Å²) in [4.78, 5) is 0. The fourth-order valence-electron chi connectivity index (χ4n) is 1.76. The third-order valence-corrected chi connectivity index (χ3v) is 2.75. The lowest BCUT2D eigenvalue weighted by atomic mass is 10.2. The van der Waals surface area contributed by atoms with E-state index in [2.05, 4.69) is 34.8 Å². The lowest BCUT2D eigenvalue weighted by Gasteiger charge is -1.99. The number of aliphatic hydroxyl groups is 1. The van der Waals surface area contributed by atoms with Crippen molar-refractivity contribution in [2.24, 2.45) is 0 Å². The van der Waals surface area contributed by atoms with Crippen molar-refractivity contribution in [3.05, 3.63) is 18.7 Å². The number of imidazole rings is 1. The van der Waals surface area contributed by atoms with Gasteiger partial charge in [-0.3, -0.25) is 0 Å². The van der Waals surface area contributed by atoms with Crippen LogP contribution in [0.1, 0.15) is 32.6 Å². The third-order valence-electron chi connectivity index (χ3n) is 2.75. The topological polar surface area (TPSA) is 38.3 Å². The van der Waals surface area contributed by atoms with Crippen LogP contribution in [0.4, 0.5) is 0 Å². The fraction of sp³-hybridized carbons (Fsp3) is 0.769. The number of nitrogens with zero attached hydrogens (tertiary/aromatic N) is 2. The van der Waals surface area contributed by atoms with E-state index >= 15 is 0 Å². The Balaban J connectivity index is 2.14. The van der Waals surface area contributed by atoms with Crippen LogP contribution in [-0.4, -0.2) is 29.5 Å². The van der Waals surface area contributed by atoms with Gasteiger partial charge in [0.25, 0.3) is 0 Å². The molecular formula is C13H25N2O2+. The molecule has 17 heavy (non-hydrogen) atoms. The fourth-order valence-corrected chi connectivity index (χ4v) is 1.76. The molecule has 98 valence electrons. The van der Waals surface area contributed by atoms with Crippen LogP contribution < -0.4 is 4.57 Å². The van der Waals surface area contributed by atoms with Crippen LogP contribution in [0.15, 0.2) is 18.7 Å². The second-order valence-corrected chi connectivity index (χ2v) is 4.29. The Morgan fingerprint density at radius 3 is 2.88 bits per heavy atom. The van der Waals surface area contributed by atoms with Crippen molar-refractivity contribution < 1.29 is 14.4 Å². The van der Waals surface area contributed by atoms with Gasteiger partial charge in [-0.05, 0) is 12.8 Å². The summed E-state index contributed by atoms with van der Waals surface area (Å²) in [5.41, 5.74) is 0. The van der Waals surface area contributed by atoms with E-state index in [1.807, 2.05) is 0 Å². The van der Waals surface area contributed by atoms with Crippen LogP contribution in [-0.2, 0) is 17.8 Å². The summed E-state index contributed by atoms with van der Waals surface area (Å²) in [5.74, 6) is 0. The Hall–Kier alpha value is -0.870. The number of aromatic nitrogens is 2. The molecule has 1 rings (SSSR count). The highest BCUT2D eigenvalue weighted by atomic mass is 16.5. The molecule has 4 nitrogen and oxygen atoms in total. The molecule has 0 amide bonds. The number of hydrogen-bond acceptors (Lipinski definition) is 2. The van der Waals surface area contributed by atoms with Crippen molar-refractivity contribution in [1.29, 1.82) is 0 Å². The lowest BCUT2D eigenvalue weighted by Crippen LogP contribution is -2.31. The van der Waals surface area contributed by atoms with Gasteiger partial charge in [-0.2, -0.15) is 0 Å². The predicted molar refractivity (Wildman–Crippen MR) is 66.7 cm³/mol. The van der Waals surface area contributed by atoms with Gasteiger partial charge in [-0.25, -0.2) is 9.13 Å². The maximum atomic E-state index is 8.57. The van der Waals surface area contributed by atoms with Crippen molar-refractivity contribution >= 4 is 0 Å². The molecule has 1 aromatic heterocycles. The molecule has 0 spiro atoms. The normalized spacial score (nSPS) is 10.9. The van der Waals surface area contributed by atoms with E-state index in [1.54, 1.807) is 0 Å². The molecule has 1 heterocycles. The summed E-state index contributed by atoms with van der Waals surface area (Å²) in [6.07, 6.45) is 11.5. The van der Waals surface area contributed by atoms with Gasteiger partial charge in [-0.1, -0.05) is 19.8 Å². The van der Waals surface area contributed by atoms with Crippen molar-refractivity contribution in [1.82, 2.24) is 4.57 Å². The Bertz CT molecular complexity index is 260. The van der Waals surface area contributed by atoms with Gasteiger partial charge >= 0.3 is 0 Å². The van der Waals surface area contributed by atoms with Gasteiger partial charge in [0.2, 0.25) is 6.33 Å². The molecule has 0 aliphatic rings. The molecule has 1 aromatic rings. The molecule has 0 atom stereocenters. The maximum absolute atomic E-state index is 8.57. The van der Waals surface area contributed by atoms with Crippen molar-refractivity contribution in [3.63, 3.8) is 0 Å². The minimum Gasteiger partial charge on any atom is -0.394 e. The first-order valence-electron chi connectivity index (χ1n) is 6.60. The zero-order valence-corrected chi connectivity index (χ0v) is 10.8. The summed E-state index contributed by atoms with van der Waals surface area (Å²) in [6, 6.07) is 0. The molecule has 0 saturated heterocycles. The minimum absolute atomic E-state index is 0.100. The molecule has 4 heteroatoms. The number of ether oxygens (including phenoxy) is 1. The average Bonchev–Trinajstić information content (AvgIpc) is 2.78. The number of rotatable bonds is 10. The van der Waals surface area contributed by atoms with Crippen LogP contribution in [0.2, 0.25) is 0 Å². The summed E-state index contributed by atoms with van der Waals surface area (Å²) < 4.78 is 9.58. The highest BCUT2D eigenvalue weighted by molar-refractivity contribution is 4.65. The highest BCUT2D eigenvalue weighted by Gasteiger charge is 2.02. The molecule has 1 N–H and O–H groups in total. The van der Waals surface area contributed by atoms with E-state index in [0.29, 0.717) is 13.2 Å². The number of aliphatic hydroxyl groups excluding tert-OH is 1. The van der Waals surface area contributed by atoms with E-state index < -0.39 is 0 Å². The molecule has 0 radical (unpaired) electrons. The Kier molecular flexibility index (Phi) is 7.67. The Morgan fingerprint density at radius 2 is 2.12 bits per heavy atom. The predicted octanol–water partition coefficient (Wildman–Crippen LogP) is 1.36. The summed E-state index contributed by atoms with van der Waals surface area (Å²) in [6.45, 7) is 5.37. The van der Waals surface area contributed by atoms with Crippen LogP contribution >= 0.6 is 0 Å². The van der Waals surface area contributed by atoms with Crippen molar-refractivity contribution in [3.8, 4) is 0 Å². The van der Waals surface area contributed by atoms with Gasteiger partial charge in [0, 0.05) is 0 Å². The number of unbranched alkanes of at least 4 members (excludes halogenated alkanes) is 3. The number of aryl methyl sites for hydroxylation is 1. The van der Waals surface area contributed by atoms with Crippen LogP contribution in [0.5, 0.6) is 0 Å². The molecule has 0 fully saturated rings. The van der Waals surface area contributed by atoms with Crippen LogP contribution in [0.25, 0.3) is 0 Å². The van der Waals surface area contributed by atoms with E-state index in [4.69, 9.17) is 9.84 Å². The van der Waals surface area contributed by atoms with E-state index in [9.17, 15) is 0 Å². The number of hydrogen-bond donors (Lipinski definition) is 1. The largest absolute Gasteiger partial charge is 0.394 e. The molecule has 0 aromatic carbocycles. The summed E-state index contributed by atoms with van der Waals surface area (Å²) >= 11 is 0. The smallest absolute Gasteiger partial charge is 0.243 e. The van der Waals surface area contributed by atoms with Crippen molar-refractivity contribution in [2.45, 2.75) is 45.7 Å². The first-order chi connectivity index (χ1) is 8.36. The SMILES string of the molecule is CCCCCC[n+]1ccn(CCOCCO)c1. The van der Waals surface area contributed by atoms with Crippen LogP contribution in [0.3, 0.4) is 0 Å². The van der Waals surface area contributed by atoms with Gasteiger partial charge < -0.3 is 9.84 Å². The van der Waals surface area contributed by atoms with Gasteiger partial charge in [0.1, 0.15) is 18.9 Å². The van der Waals surface area contributed by atoms with Gasteiger partial charge in [0.15, 0.2) is 0 Å². The average molecular weight is 241 g/mol. The lowest BCUT2D eigenvalue weighted by molar-refractivity contribution is -0.696. The zero-order valence-electron chi connectivity index (χ0n) is 10.8. The maximum Gasteiger partial charge on any atom is 0.243 e. The van der Waals surface area contributed by atoms with Gasteiger partial charge in [0.05, 0.1) is 26.4 Å². The third kappa shape index (κ3) is 6.44. The first kappa shape index (κ1) is 14.2. The second-order valence-electron chi connectivity index (χ2n) is 4.29. The highest BCUT2D eigenvalue weighted by Crippen LogP contribution is 1.98. The second kappa shape index (κ2) is 9.19. The molecule has 0 aliphatic carbocycles. The Morgan fingerprint density at radius 1 is 1.24 bits per heavy atom. The van der Waals surface area contributed by atoms with E-state index in [1.165, 1.54) is 25.7 Å². The van der Waals surface area contributed by atoms with E-state index in [0.717, 1.165) is 13.1 Å². The van der Waals surface area contributed by atoms with Gasteiger partial charge in [-0.15, -0.1) is 0 Å². The van der Waals surface area contributed by atoms with Crippen LogP contribution in [0, 0.1) is 0 Å². The first-order valence-corrected chi connectivity index (χ1v) is 6.60. The zero-order chi connectivity index (χ0) is 12.3.